The maximum Gasteiger partial charge on any atom is 0.262 e. The SMILES string of the molecule is COc1ccc(-c2cc(CNC(=O)C3C=CC=NC3=O)no2)cc1. The van der Waals surface area contributed by atoms with Crippen LogP contribution in [0.2, 0.25) is 0 Å². The van der Waals surface area contributed by atoms with Crippen LogP contribution in [0.4, 0.5) is 0 Å². The summed E-state index contributed by atoms with van der Waals surface area (Å²) in [5.41, 5.74) is 1.41. The molecule has 1 N–H and O–H groups in total. The number of rotatable bonds is 5. The summed E-state index contributed by atoms with van der Waals surface area (Å²) in [6.07, 6.45) is 4.45. The Hall–Kier alpha value is -3.22. The highest BCUT2D eigenvalue weighted by Gasteiger charge is 2.24. The van der Waals surface area contributed by atoms with Gasteiger partial charge in [0.15, 0.2) is 5.76 Å². The van der Waals surface area contributed by atoms with E-state index < -0.39 is 17.7 Å². The Morgan fingerprint density at radius 1 is 1.33 bits per heavy atom. The molecule has 3 rings (SSSR count). The zero-order chi connectivity index (χ0) is 16.9. The van der Waals surface area contributed by atoms with Gasteiger partial charge in [0.2, 0.25) is 5.91 Å². The minimum Gasteiger partial charge on any atom is -0.497 e. The zero-order valence-electron chi connectivity index (χ0n) is 12.9. The third kappa shape index (κ3) is 3.40. The molecule has 122 valence electrons. The number of hydrogen-bond acceptors (Lipinski definition) is 5. The van der Waals surface area contributed by atoms with E-state index in [2.05, 4.69) is 15.5 Å². The van der Waals surface area contributed by atoms with Gasteiger partial charge in [-0.05, 0) is 30.3 Å². The van der Waals surface area contributed by atoms with Gasteiger partial charge in [-0.25, -0.2) is 4.99 Å². The molecule has 0 radical (unpaired) electrons. The highest BCUT2D eigenvalue weighted by Crippen LogP contribution is 2.23. The molecule has 1 atom stereocenters. The van der Waals surface area contributed by atoms with E-state index in [-0.39, 0.29) is 6.54 Å². The normalized spacial score (nSPS) is 16.2. The van der Waals surface area contributed by atoms with Crippen LogP contribution in [0.5, 0.6) is 5.75 Å². The van der Waals surface area contributed by atoms with Crippen molar-refractivity contribution in [3.63, 3.8) is 0 Å². The number of benzene rings is 1. The lowest BCUT2D eigenvalue weighted by molar-refractivity contribution is -0.131. The Morgan fingerprint density at radius 3 is 2.83 bits per heavy atom. The van der Waals surface area contributed by atoms with Gasteiger partial charge >= 0.3 is 0 Å². The van der Waals surface area contributed by atoms with Crippen molar-refractivity contribution >= 4 is 18.0 Å². The van der Waals surface area contributed by atoms with Gasteiger partial charge in [-0.2, -0.15) is 0 Å². The van der Waals surface area contributed by atoms with Crippen LogP contribution in [-0.2, 0) is 16.1 Å². The predicted octanol–water partition coefficient (Wildman–Crippen LogP) is 1.75. The number of nitrogens with zero attached hydrogens (tertiary/aromatic N) is 2. The van der Waals surface area contributed by atoms with Gasteiger partial charge in [0, 0.05) is 17.8 Å². The number of allylic oxidation sites excluding steroid dienone is 1. The second-order valence-electron chi connectivity index (χ2n) is 5.11. The van der Waals surface area contributed by atoms with E-state index in [1.807, 2.05) is 24.3 Å². The molecule has 1 aliphatic heterocycles. The summed E-state index contributed by atoms with van der Waals surface area (Å²) in [5, 5.41) is 6.57. The molecule has 0 bridgehead atoms. The maximum atomic E-state index is 12.0. The molecule has 24 heavy (non-hydrogen) atoms. The topological polar surface area (TPSA) is 93.8 Å². The minimum absolute atomic E-state index is 0.166. The molecule has 0 saturated carbocycles. The van der Waals surface area contributed by atoms with Gasteiger partial charge in [0.25, 0.3) is 5.91 Å². The van der Waals surface area contributed by atoms with Crippen LogP contribution >= 0.6 is 0 Å². The number of ether oxygens (including phenoxy) is 1. The lowest BCUT2D eigenvalue weighted by Crippen LogP contribution is -2.34. The molecule has 0 fully saturated rings. The fourth-order valence-corrected chi connectivity index (χ4v) is 2.21. The minimum atomic E-state index is -0.886. The summed E-state index contributed by atoms with van der Waals surface area (Å²) in [4.78, 5) is 27.1. The fraction of sp³-hybridized carbons (Fsp3) is 0.176. The van der Waals surface area contributed by atoms with Crippen molar-refractivity contribution in [1.29, 1.82) is 0 Å². The third-order valence-corrected chi connectivity index (χ3v) is 3.52. The van der Waals surface area contributed by atoms with E-state index in [1.54, 1.807) is 19.3 Å². The molecule has 2 aromatic rings. The number of hydrogen-bond donors (Lipinski definition) is 1. The Balaban J connectivity index is 1.61. The van der Waals surface area contributed by atoms with Gasteiger partial charge in [-0.1, -0.05) is 11.2 Å². The van der Waals surface area contributed by atoms with Crippen LogP contribution in [0, 0.1) is 5.92 Å². The number of dihydropyridines is 1. The van der Waals surface area contributed by atoms with Crippen molar-refractivity contribution in [2.24, 2.45) is 10.9 Å². The standard InChI is InChI=1S/C17H15N3O4/c1-23-13-6-4-11(5-7-13)15-9-12(20-24-15)10-19-17(22)14-3-2-8-18-16(14)21/h2-9,14H,10H2,1H3,(H,19,22). The Kier molecular flexibility index (Phi) is 4.51. The molecule has 1 aromatic carbocycles. The number of aromatic nitrogens is 1. The van der Waals surface area contributed by atoms with Gasteiger partial charge in [0.05, 0.1) is 13.7 Å². The molecule has 0 saturated heterocycles. The van der Waals surface area contributed by atoms with Crippen LogP contribution in [0.3, 0.4) is 0 Å². The molecule has 0 aliphatic carbocycles. The smallest absolute Gasteiger partial charge is 0.262 e. The first-order valence-corrected chi connectivity index (χ1v) is 7.30. The Labute approximate surface area is 138 Å². The highest BCUT2D eigenvalue weighted by molar-refractivity contribution is 6.07. The van der Waals surface area contributed by atoms with Gasteiger partial charge in [-0.15, -0.1) is 0 Å². The number of amides is 2. The van der Waals surface area contributed by atoms with E-state index in [9.17, 15) is 9.59 Å². The van der Waals surface area contributed by atoms with Crippen molar-refractivity contribution < 1.29 is 18.8 Å². The van der Waals surface area contributed by atoms with E-state index >= 15 is 0 Å². The summed E-state index contributed by atoms with van der Waals surface area (Å²) < 4.78 is 10.4. The van der Waals surface area contributed by atoms with Crippen LogP contribution in [0.15, 0.2) is 52.0 Å². The summed E-state index contributed by atoms with van der Waals surface area (Å²) in [5.74, 6) is -0.446. The molecule has 2 amide bonds. The second kappa shape index (κ2) is 6.91. The number of methoxy groups -OCH3 is 1. The molecule has 7 heteroatoms. The van der Waals surface area contributed by atoms with Crippen molar-refractivity contribution in [1.82, 2.24) is 10.5 Å². The van der Waals surface area contributed by atoms with Gasteiger partial charge < -0.3 is 14.6 Å². The largest absolute Gasteiger partial charge is 0.497 e. The van der Waals surface area contributed by atoms with Crippen LogP contribution in [0.1, 0.15) is 5.69 Å². The van der Waals surface area contributed by atoms with Gasteiger partial charge in [0.1, 0.15) is 17.4 Å². The number of nitrogens with one attached hydrogen (secondary N) is 1. The molecule has 7 nitrogen and oxygen atoms in total. The molecule has 0 spiro atoms. The van der Waals surface area contributed by atoms with Crippen molar-refractivity contribution in [3.8, 4) is 17.1 Å². The third-order valence-electron chi connectivity index (χ3n) is 3.52. The molecule has 2 heterocycles. The van der Waals surface area contributed by atoms with Crippen LogP contribution in [-0.4, -0.2) is 30.3 Å². The molecule has 1 unspecified atom stereocenters. The van der Waals surface area contributed by atoms with E-state index in [0.717, 1.165) is 11.3 Å². The van der Waals surface area contributed by atoms with Crippen LogP contribution < -0.4 is 10.1 Å². The Bertz CT molecular complexity index is 805. The highest BCUT2D eigenvalue weighted by atomic mass is 16.5. The first kappa shape index (κ1) is 15.7. The fourth-order valence-electron chi connectivity index (χ4n) is 2.21. The number of aliphatic imine (C=N–C) groups is 1. The first-order valence-electron chi connectivity index (χ1n) is 7.30. The molecule has 1 aromatic heterocycles. The summed E-state index contributed by atoms with van der Waals surface area (Å²) in [6.45, 7) is 0.166. The first-order chi connectivity index (χ1) is 11.7. The van der Waals surface area contributed by atoms with Crippen molar-refractivity contribution in [3.05, 3.63) is 48.2 Å². The molecular weight excluding hydrogens is 310 g/mol. The number of carbonyl (C=O) groups excluding carboxylic acids is 2. The molecule has 1 aliphatic rings. The Morgan fingerprint density at radius 2 is 2.12 bits per heavy atom. The van der Waals surface area contributed by atoms with Gasteiger partial charge in [-0.3, -0.25) is 9.59 Å². The number of carbonyl (C=O) groups is 2. The van der Waals surface area contributed by atoms with Crippen molar-refractivity contribution in [2.45, 2.75) is 6.54 Å². The second-order valence-corrected chi connectivity index (χ2v) is 5.11. The lowest BCUT2D eigenvalue weighted by Gasteiger charge is -2.10. The lowest BCUT2D eigenvalue weighted by atomic mass is 10.1. The summed E-state index contributed by atoms with van der Waals surface area (Å²) in [7, 11) is 1.60. The van der Waals surface area contributed by atoms with E-state index in [0.29, 0.717) is 11.5 Å². The van der Waals surface area contributed by atoms with Crippen LogP contribution in [0.25, 0.3) is 11.3 Å². The predicted molar refractivity (Wildman–Crippen MR) is 86.5 cm³/mol. The monoisotopic (exact) mass is 325 g/mol. The molecular formula is C17H15N3O4. The maximum absolute atomic E-state index is 12.0. The average molecular weight is 325 g/mol. The van der Waals surface area contributed by atoms with E-state index in [4.69, 9.17) is 9.26 Å². The zero-order valence-corrected chi connectivity index (χ0v) is 12.9. The summed E-state index contributed by atoms with van der Waals surface area (Å²) >= 11 is 0. The quantitative estimate of drug-likeness (QED) is 0.845. The average Bonchev–Trinajstić information content (AvgIpc) is 3.09. The summed E-state index contributed by atoms with van der Waals surface area (Å²) in [6, 6.07) is 9.08. The van der Waals surface area contributed by atoms with Crippen molar-refractivity contribution in [2.75, 3.05) is 7.11 Å². The van der Waals surface area contributed by atoms with E-state index in [1.165, 1.54) is 12.3 Å².